The highest BCUT2D eigenvalue weighted by atomic mass is 14.7. The Morgan fingerprint density at radius 3 is 2.27 bits per heavy atom. The lowest BCUT2D eigenvalue weighted by Gasteiger charge is -2.18. The molecule has 1 aliphatic rings. The van der Waals surface area contributed by atoms with Crippen LogP contribution in [0.4, 0.5) is 5.69 Å². The lowest BCUT2D eigenvalue weighted by molar-refractivity contribution is 0.483. The van der Waals surface area contributed by atoms with Crippen LogP contribution in [0.2, 0.25) is 0 Å². The zero-order valence-electron chi connectivity index (χ0n) is 9.66. The SMILES string of the molecule is Cc1ccc(N=C2CCC(C)CC2)cc1. The minimum Gasteiger partial charge on any atom is -0.258 e. The highest BCUT2D eigenvalue weighted by Gasteiger charge is 2.12. The van der Waals surface area contributed by atoms with E-state index in [2.05, 4.69) is 38.1 Å². The summed E-state index contributed by atoms with van der Waals surface area (Å²) >= 11 is 0. The van der Waals surface area contributed by atoms with Crippen molar-refractivity contribution in [2.24, 2.45) is 10.9 Å². The minimum atomic E-state index is 0.891. The largest absolute Gasteiger partial charge is 0.258 e. The molecule has 0 amide bonds. The van der Waals surface area contributed by atoms with Gasteiger partial charge in [0.05, 0.1) is 5.69 Å². The lowest BCUT2D eigenvalue weighted by Crippen LogP contribution is -2.11. The molecule has 15 heavy (non-hydrogen) atoms. The van der Waals surface area contributed by atoms with Crippen molar-refractivity contribution in [3.63, 3.8) is 0 Å². The van der Waals surface area contributed by atoms with E-state index in [1.807, 2.05) is 0 Å². The van der Waals surface area contributed by atoms with E-state index in [0.29, 0.717) is 0 Å². The molecule has 0 saturated heterocycles. The van der Waals surface area contributed by atoms with E-state index in [1.54, 1.807) is 0 Å². The van der Waals surface area contributed by atoms with E-state index in [1.165, 1.54) is 37.0 Å². The summed E-state index contributed by atoms with van der Waals surface area (Å²) in [5.41, 5.74) is 3.80. The van der Waals surface area contributed by atoms with Crippen molar-refractivity contribution in [2.45, 2.75) is 39.5 Å². The fourth-order valence-electron chi connectivity index (χ4n) is 2.01. The second-order valence-electron chi connectivity index (χ2n) is 4.70. The zero-order valence-corrected chi connectivity index (χ0v) is 9.66. The second kappa shape index (κ2) is 4.61. The predicted molar refractivity (Wildman–Crippen MR) is 65.9 cm³/mol. The molecule has 0 heterocycles. The summed E-state index contributed by atoms with van der Waals surface area (Å²) in [6, 6.07) is 8.48. The van der Waals surface area contributed by atoms with Crippen LogP contribution in [-0.4, -0.2) is 5.71 Å². The molecular weight excluding hydrogens is 182 g/mol. The van der Waals surface area contributed by atoms with Gasteiger partial charge in [-0.3, -0.25) is 4.99 Å². The van der Waals surface area contributed by atoms with Gasteiger partial charge in [-0.15, -0.1) is 0 Å². The van der Waals surface area contributed by atoms with Gasteiger partial charge in [0, 0.05) is 5.71 Å². The maximum absolute atomic E-state index is 4.71. The van der Waals surface area contributed by atoms with E-state index in [4.69, 9.17) is 4.99 Å². The molecule has 1 aromatic rings. The normalized spacial score (nSPS) is 21.5. The summed E-state index contributed by atoms with van der Waals surface area (Å²) in [6.45, 7) is 4.45. The second-order valence-corrected chi connectivity index (χ2v) is 4.70. The molecule has 0 bridgehead atoms. The number of benzene rings is 1. The third-order valence-corrected chi connectivity index (χ3v) is 3.17. The van der Waals surface area contributed by atoms with Crippen LogP contribution in [0, 0.1) is 12.8 Å². The van der Waals surface area contributed by atoms with Gasteiger partial charge in [-0.2, -0.15) is 0 Å². The van der Waals surface area contributed by atoms with Crippen LogP contribution >= 0.6 is 0 Å². The Morgan fingerprint density at radius 2 is 1.67 bits per heavy atom. The van der Waals surface area contributed by atoms with Crippen LogP contribution in [0.1, 0.15) is 38.2 Å². The maximum atomic E-state index is 4.71. The Morgan fingerprint density at radius 1 is 1.07 bits per heavy atom. The minimum absolute atomic E-state index is 0.891. The first-order valence-electron chi connectivity index (χ1n) is 5.87. The molecule has 1 heteroatoms. The molecule has 1 fully saturated rings. The molecule has 2 rings (SSSR count). The molecule has 80 valence electrons. The predicted octanol–water partition coefficient (Wildman–Crippen LogP) is 4.28. The van der Waals surface area contributed by atoms with Crippen molar-refractivity contribution in [1.29, 1.82) is 0 Å². The quantitative estimate of drug-likeness (QED) is 0.643. The number of rotatable bonds is 1. The van der Waals surface area contributed by atoms with Crippen molar-refractivity contribution in [2.75, 3.05) is 0 Å². The fraction of sp³-hybridized carbons (Fsp3) is 0.500. The van der Waals surface area contributed by atoms with Crippen LogP contribution in [0.5, 0.6) is 0 Å². The Hall–Kier alpha value is -1.11. The van der Waals surface area contributed by atoms with Crippen LogP contribution in [0.15, 0.2) is 29.3 Å². The Kier molecular flexibility index (Phi) is 3.20. The summed E-state index contributed by atoms with van der Waals surface area (Å²) in [5, 5.41) is 0. The first-order chi connectivity index (χ1) is 7.24. The molecule has 0 atom stereocenters. The van der Waals surface area contributed by atoms with E-state index in [-0.39, 0.29) is 0 Å². The average Bonchev–Trinajstić information content (AvgIpc) is 2.25. The summed E-state index contributed by atoms with van der Waals surface area (Å²) in [7, 11) is 0. The summed E-state index contributed by atoms with van der Waals surface area (Å²) < 4.78 is 0. The van der Waals surface area contributed by atoms with Crippen molar-refractivity contribution in [3.05, 3.63) is 29.8 Å². The van der Waals surface area contributed by atoms with E-state index in [0.717, 1.165) is 11.6 Å². The molecule has 1 nitrogen and oxygen atoms in total. The van der Waals surface area contributed by atoms with E-state index in [9.17, 15) is 0 Å². The molecule has 0 spiro atoms. The number of nitrogens with zero attached hydrogens (tertiary/aromatic N) is 1. The highest BCUT2D eigenvalue weighted by molar-refractivity contribution is 5.87. The third kappa shape index (κ3) is 2.92. The van der Waals surface area contributed by atoms with Gasteiger partial charge < -0.3 is 0 Å². The van der Waals surface area contributed by atoms with Crippen molar-refractivity contribution >= 4 is 11.4 Å². The number of hydrogen-bond acceptors (Lipinski definition) is 1. The van der Waals surface area contributed by atoms with E-state index < -0.39 is 0 Å². The van der Waals surface area contributed by atoms with Gasteiger partial charge in [0.1, 0.15) is 0 Å². The summed E-state index contributed by atoms with van der Waals surface area (Å²) in [5.74, 6) is 0.891. The van der Waals surface area contributed by atoms with Gasteiger partial charge >= 0.3 is 0 Å². The topological polar surface area (TPSA) is 12.4 Å². The molecule has 0 aliphatic heterocycles. The van der Waals surface area contributed by atoms with Crippen LogP contribution in [-0.2, 0) is 0 Å². The van der Waals surface area contributed by atoms with Crippen LogP contribution in [0.25, 0.3) is 0 Å². The third-order valence-electron chi connectivity index (χ3n) is 3.17. The van der Waals surface area contributed by atoms with E-state index >= 15 is 0 Å². The smallest absolute Gasteiger partial charge is 0.0629 e. The standard InChI is InChI=1S/C14H19N/c1-11-3-7-13(8-4-11)15-14-9-5-12(2)6-10-14/h3-4,7-8,12H,5-6,9-10H2,1-2H3. The average molecular weight is 201 g/mol. The number of hydrogen-bond donors (Lipinski definition) is 0. The molecule has 0 N–H and O–H groups in total. The Labute approximate surface area is 92.2 Å². The van der Waals surface area contributed by atoms with Crippen LogP contribution < -0.4 is 0 Å². The van der Waals surface area contributed by atoms with Crippen molar-refractivity contribution in [3.8, 4) is 0 Å². The Balaban J connectivity index is 2.06. The lowest BCUT2D eigenvalue weighted by atomic mass is 9.89. The maximum Gasteiger partial charge on any atom is 0.0629 e. The van der Waals surface area contributed by atoms with Gasteiger partial charge in [0.15, 0.2) is 0 Å². The monoisotopic (exact) mass is 201 g/mol. The number of aryl methyl sites for hydroxylation is 1. The van der Waals surface area contributed by atoms with Gasteiger partial charge in [0.2, 0.25) is 0 Å². The zero-order chi connectivity index (χ0) is 10.7. The van der Waals surface area contributed by atoms with Crippen molar-refractivity contribution in [1.82, 2.24) is 0 Å². The first-order valence-corrected chi connectivity index (χ1v) is 5.87. The molecule has 1 aliphatic carbocycles. The molecular formula is C14H19N. The van der Waals surface area contributed by atoms with Gasteiger partial charge in [-0.05, 0) is 50.7 Å². The highest BCUT2D eigenvalue weighted by Crippen LogP contribution is 2.24. The molecule has 1 aromatic carbocycles. The molecule has 0 aromatic heterocycles. The summed E-state index contributed by atoms with van der Waals surface area (Å²) in [4.78, 5) is 4.71. The van der Waals surface area contributed by atoms with Crippen molar-refractivity contribution < 1.29 is 0 Å². The van der Waals surface area contributed by atoms with Gasteiger partial charge in [-0.1, -0.05) is 24.6 Å². The van der Waals surface area contributed by atoms with Gasteiger partial charge in [-0.25, -0.2) is 0 Å². The van der Waals surface area contributed by atoms with Gasteiger partial charge in [0.25, 0.3) is 0 Å². The fourth-order valence-corrected chi connectivity index (χ4v) is 2.01. The molecule has 0 radical (unpaired) electrons. The number of aliphatic imine (C=N–C) groups is 1. The molecule has 0 unspecified atom stereocenters. The summed E-state index contributed by atoms with van der Waals surface area (Å²) in [6.07, 6.45) is 5.00. The van der Waals surface area contributed by atoms with Crippen LogP contribution in [0.3, 0.4) is 0 Å². The Bertz CT molecular complexity index is 338. The first kappa shape index (κ1) is 10.4. The molecule has 1 saturated carbocycles.